The van der Waals surface area contributed by atoms with Crippen molar-refractivity contribution < 1.29 is 4.79 Å². The van der Waals surface area contributed by atoms with Crippen molar-refractivity contribution in [3.63, 3.8) is 0 Å². The number of nitrogens with zero attached hydrogens (tertiary/aromatic N) is 1. The summed E-state index contributed by atoms with van der Waals surface area (Å²) in [6.45, 7) is 4.32. The lowest BCUT2D eigenvalue weighted by atomic mass is 9.95. The molecule has 0 aliphatic heterocycles. The van der Waals surface area contributed by atoms with Crippen LogP contribution in [0.2, 0.25) is 0 Å². The smallest absolute Gasteiger partial charge is 0.229 e. The number of hydrogen-bond acceptors (Lipinski definition) is 3. The number of anilines is 1. The van der Waals surface area contributed by atoms with Crippen LogP contribution in [0, 0.1) is 11.8 Å². The van der Waals surface area contributed by atoms with Crippen LogP contribution in [0.15, 0.2) is 12.4 Å². The minimum Gasteiger partial charge on any atom is -0.330 e. The summed E-state index contributed by atoms with van der Waals surface area (Å²) >= 11 is 0. The molecule has 4 N–H and O–H groups in total. The molecule has 0 spiro atoms. The second-order valence-corrected chi connectivity index (χ2v) is 3.56. The number of amides is 1. The molecule has 1 aromatic rings. The minimum atomic E-state index is -0.148. The second kappa shape index (κ2) is 4.76. The molecule has 0 radical (unpaired) electrons. The first kappa shape index (κ1) is 10.7. The Hall–Kier alpha value is -1.36. The molecule has 1 atom stereocenters. The highest BCUT2D eigenvalue weighted by Gasteiger charge is 2.20. The molecule has 1 amide bonds. The topological polar surface area (TPSA) is 83.8 Å². The van der Waals surface area contributed by atoms with Crippen molar-refractivity contribution in [2.75, 3.05) is 11.9 Å². The lowest BCUT2D eigenvalue weighted by Gasteiger charge is -2.17. The Morgan fingerprint density at radius 1 is 1.71 bits per heavy atom. The lowest BCUT2D eigenvalue weighted by molar-refractivity contribution is -0.120. The summed E-state index contributed by atoms with van der Waals surface area (Å²) in [5.41, 5.74) is 6.19. The van der Waals surface area contributed by atoms with Gasteiger partial charge in [0.25, 0.3) is 0 Å². The van der Waals surface area contributed by atoms with Crippen LogP contribution in [0.3, 0.4) is 0 Å². The zero-order valence-electron chi connectivity index (χ0n) is 8.45. The fourth-order valence-corrected chi connectivity index (χ4v) is 1.24. The van der Waals surface area contributed by atoms with Gasteiger partial charge in [-0.3, -0.25) is 9.89 Å². The normalized spacial score (nSPS) is 12.9. The summed E-state index contributed by atoms with van der Waals surface area (Å²) in [7, 11) is 0. The fraction of sp³-hybridized carbons (Fsp3) is 0.556. The van der Waals surface area contributed by atoms with Crippen LogP contribution in [-0.4, -0.2) is 22.6 Å². The van der Waals surface area contributed by atoms with Crippen molar-refractivity contribution in [3.05, 3.63) is 12.4 Å². The maximum Gasteiger partial charge on any atom is 0.229 e. The summed E-state index contributed by atoms with van der Waals surface area (Å²) in [5, 5.41) is 9.10. The summed E-state index contributed by atoms with van der Waals surface area (Å²) in [4.78, 5) is 11.7. The van der Waals surface area contributed by atoms with Gasteiger partial charge in [0, 0.05) is 12.7 Å². The number of nitrogens with one attached hydrogen (secondary N) is 2. The molecule has 14 heavy (non-hydrogen) atoms. The minimum absolute atomic E-state index is 0.0519. The van der Waals surface area contributed by atoms with E-state index in [1.807, 2.05) is 13.8 Å². The van der Waals surface area contributed by atoms with E-state index in [1.165, 1.54) is 0 Å². The Morgan fingerprint density at radius 2 is 2.43 bits per heavy atom. The van der Waals surface area contributed by atoms with E-state index in [1.54, 1.807) is 12.4 Å². The zero-order chi connectivity index (χ0) is 10.6. The Morgan fingerprint density at radius 3 is 2.86 bits per heavy atom. The molecule has 0 aliphatic carbocycles. The molecule has 0 saturated heterocycles. The maximum absolute atomic E-state index is 11.7. The third-order valence-corrected chi connectivity index (χ3v) is 2.16. The first-order chi connectivity index (χ1) is 6.65. The highest BCUT2D eigenvalue weighted by atomic mass is 16.1. The van der Waals surface area contributed by atoms with Gasteiger partial charge < -0.3 is 11.1 Å². The van der Waals surface area contributed by atoms with Crippen molar-refractivity contribution >= 4 is 11.6 Å². The number of rotatable bonds is 4. The molecule has 0 aromatic carbocycles. The number of hydrogen-bond donors (Lipinski definition) is 3. The van der Waals surface area contributed by atoms with Crippen molar-refractivity contribution in [2.45, 2.75) is 13.8 Å². The molecule has 78 valence electrons. The number of H-pyrrole nitrogens is 1. The molecule has 0 saturated carbocycles. The Kier molecular flexibility index (Phi) is 3.64. The lowest BCUT2D eigenvalue weighted by Crippen LogP contribution is -2.32. The van der Waals surface area contributed by atoms with Crippen LogP contribution in [0.1, 0.15) is 13.8 Å². The number of carbonyl (C=O) groups excluding carboxylic acids is 1. The summed E-state index contributed by atoms with van der Waals surface area (Å²) < 4.78 is 0. The van der Waals surface area contributed by atoms with E-state index in [-0.39, 0.29) is 17.7 Å². The molecule has 5 nitrogen and oxygen atoms in total. The van der Waals surface area contributed by atoms with Gasteiger partial charge in [0.05, 0.1) is 17.8 Å². The molecule has 1 unspecified atom stereocenters. The Labute approximate surface area is 83.1 Å². The molecule has 0 bridgehead atoms. The SMILES string of the molecule is CC(C)C(CN)C(=O)Nc1cn[nH]c1. The van der Waals surface area contributed by atoms with E-state index in [2.05, 4.69) is 15.5 Å². The monoisotopic (exact) mass is 196 g/mol. The van der Waals surface area contributed by atoms with Gasteiger partial charge in [0.15, 0.2) is 0 Å². The van der Waals surface area contributed by atoms with Gasteiger partial charge in [0.2, 0.25) is 5.91 Å². The molecular weight excluding hydrogens is 180 g/mol. The standard InChI is InChI=1S/C9H16N4O/c1-6(2)8(3-10)9(14)13-7-4-11-12-5-7/h4-6,8H,3,10H2,1-2H3,(H,11,12)(H,13,14). The fourth-order valence-electron chi connectivity index (χ4n) is 1.24. The van der Waals surface area contributed by atoms with Crippen molar-refractivity contribution in [1.82, 2.24) is 10.2 Å². The van der Waals surface area contributed by atoms with Crippen molar-refractivity contribution in [1.29, 1.82) is 0 Å². The highest BCUT2D eigenvalue weighted by Crippen LogP contribution is 2.12. The third kappa shape index (κ3) is 2.56. The second-order valence-electron chi connectivity index (χ2n) is 3.56. The molecule has 0 fully saturated rings. The summed E-state index contributed by atoms with van der Waals surface area (Å²) in [5.74, 6) is 0.0423. The van der Waals surface area contributed by atoms with Gasteiger partial charge in [-0.1, -0.05) is 13.8 Å². The number of carbonyl (C=O) groups is 1. The van der Waals surface area contributed by atoms with Crippen LogP contribution in [0.4, 0.5) is 5.69 Å². The van der Waals surface area contributed by atoms with Gasteiger partial charge in [-0.05, 0) is 5.92 Å². The van der Waals surface area contributed by atoms with E-state index < -0.39 is 0 Å². The summed E-state index contributed by atoms with van der Waals surface area (Å²) in [6, 6.07) is 0. The predicted molar refractivity (Wildman–Crippen MR) is 54.6 cm³/mol. The van der Waals surface area contributed by atoms with Gasteiger partial charge in [-0.15, -0.1) is 0 Å². The van der Waals surface area contributed by atoms with Gasteiger partial charge in [0.1, 0.15) is 0 Å². The van der Waals surface area contributed by atoms with E-state index in [0.29, 0.717) is 12.2 Å². The molecule has 0 aliphatic rings. The average Bonchev–Trinajstić information content (AvgIpc) is 2.57. The predicted octanol–water partition coefficient (Wildman–Crippen LogP) is 0.579. The molecular formula is C9H16N4O. The first-order valence-electron chi connectivity index (χ1n) is 4.65. The molecule has 5 heteroatoms. The largest absolute Gasteiger partial charge is 0.330 e. The first-order valence-corrected chi connectivity index (χ1v) is 4.65. The number of aromatic nitrogens is 2. The van der Waals surface area contributed by atoms with Gasteiger partial charge in [-0.25, -0.2) is 0 Å². The molecule has 1 heterocycles. The van der Waals surface area contributed by atoms with Crippen LogP contribution >= 0.6 is 0 Å². The van der Waals surface area contributed by atoms with Crippen molar-refractivity contribution in [3.8, 4) is 0 Å². The van der Waals surface area contributed by atoms with E-state index in [9.17, 15) is 4.79 Å². The molecule has 1 rings (SSSR count). The van der Waals surface area contributed by atoms with Crippen LogP contribution < -0.4 is 11.1 Å². The van der Waals surface area contributed by atoms with Crippen LogP contribution in [0.5, 0.6) is 0 Å². The highest BCUT2D eigenvalue weighted by molar-refractivity contribution is 5.92. The van der Waals surface area contributed by atoms with E-state index in [0.717, 1.165) is 0 Å². The Bertz CT molecular complexity index is 281. The van der Waals surface area contributed by atoms with Crippen LogP contribution in [0.25, 0.3) is 0 Å². The number of aromatic amines is 1. The van der Waals surface area contributed by atoms with E-state index >= 15 is 0 Å². The van der Waals surface area contributed by atoms with Gasteiger partial charge in [-0.2, -0.15) is 5.10 Å². The van der Waals surface area contributed by atoms with Gasteiger partial charge >= 0.3 is 0 Å². The maximum atomic E-state index is 11.7. The Balaban J connectivity index is 2.56. The molecule has 1 aromatic heterocycles. The van der Waals surface area contributed by atoms with Crippen LogP contribution in [-0.2, 0) is 4.79 Å². The van der Waals surface area contributed by atoms with E-state index in [4.69, 9.17) is 5.73 Å². The summed E-state index contributed by atoms with van der Waals surface area (Å²) in [6.07, 6.45) is 3.19. The average molecular weight is 196 g/mol. The van der Waals surface area contributed by atoms with Crippen molar-refractivity contribution in [2.24, 2.45) is 17.6 Å². The zero-order valence-corrected chi connectivity index (χ0v) is 8.45. The number of nitrogens with two attached hydrogens (primary N) is 1. The quantitative estimate of drug-likeness (QED) is 0.658. The third-order valence-electron chi connectivity index (χ3n) is 2.16.